The van der Waals surface area contributed by atoms with E-state index >= 15 is 0 Å². The van der Waals surface area contributed by atoms with E-state index in [2.05, 4.69) is 61.4 Å². The van der Waals surface area contributed by atoms with Crippen LogP contribution in [0.1, 0.15) is 37.8 Å². The molecule has 128 valence electrons. The minimum absolute atomic E-state index is 0.721. The van der Waals surface area contributed by atoms with Gasteiger partial charge in [0.15, 0.2) is 5.11 Å². The van der Waals surface area contributed by atoms with Crippen molar-refractivity contribution in [2.24, 2.45) is 11.8 Å². The number of hydrogen-bond acceptors (Lipinski definition) is 2. The molecule has 2 N–H and O–H groups in total. The molecular weight excluding hydrogens is 302 g/mol. The average molecular weight is 334 g/mol. The highest BCUT2D eigenvalue weighted by molar-refractivity contribution is 7.80. The van der Waals surface area contributed by atoms with Crippen LogP contribution in [0.15, 0.2) is 18.2 Å². The quantitative estimate of drug-likeness (QED) is 0.630. The predicted octanol–water partition coefficient (Wildman–Crippen LogP) is 3.96. The average Bonchev–Trinajstić information content (AvgIpc) is 2.46. The standard InChI is InChI=1S/C19H31N3S/c1-14-6-7-17(4)18(11-14)21-19(23)20-8-5-9-22-12-15(2)10-16(3)13-22/h6-7,11,15-16H,5,8-10,12-13H2,1-4H3,(H2,20,21,23)/t15-,16-/m1/s1. The van der Waals surface area contributed by atoms with Crippen LogP contribution in [0.4, 0.5) is 5.69 Å². The molecule has 0 aromatic heterocycles. The van der Waals surface area contributed by atoms with Gasteiger partial charge in [0.2, 0.25) is 0 Å². The summed E-state index contributed by atoms with van der Waals surface area (Å²) < 4.78 is 0. The van der Waals surface area contributed by atoms with Gasteiger partial charge in [0.1, 0.15) is 0 Å². The first-order valence-electron chi connectivity index (χ1n) is 8.78. The van der Waals surface area contributed by atoms with E-state index in [0.717, 1.165) is 42.1 Å². The molecule has 1 heterocycles. The number of aryl methyl sites for hydroxylation is 2. The third kappa shape index (κ3) is 6.11. The second-order valence-electron chi connectivity index (χ2n) is 7.26. The van der Waals surface area contributed by atoms with Crippen LogP contribution < -0.4 is 10.6 Å². The van der Waals surface area contributed by atoms with Crippen molar-refractivity contribution in [1.82, 2.24) is 10.2 Å². The summed E-state index contributed by atoms with van der Waals surface area (Å²) in [6, 6.07) is 6.39. The van der Waals surface area contributed by atoms with Gasteiger partial charge in [-0.25, -0.2) is 0 Å². The molecule has 0 aliphatic carbocycles. The maximum absolute atomic E-state index is 5.41. The van der Waals surface area contributed by atoms with Crippen molar-refractivity contribution in [3.63, 3.8) is 0 Å². The fourth-order valence-electron chi connectivity index (χ4n) is 3.52. The highest BCUT2D eigenvalue weighted by Crippen LogP contribution is 2.20. The first kappa shape index (κ1) is 18.2. The highest BCUT2D eigenvalue weighted by atomic mass is 32.1. The Bertz CT molecular complexity index is 519. The Kier molecular flexibility index (Phi) is 6.85. The van der Waals surface area contributed by atoms with Crippen LogP contribution in [0, 0.1) is 25.7 Å². The number of piperidine rings is 1. The molecule has 0 amide bonds. The SMILES string of the molecule is Cc1ccc(C)c(NC(=S)NCCCN2C[C@H](C)C[C@@H](C)C2)c1. The number of thiocarbonyl (C=S) groups is 1. The zero-order valence-electron chi connectivity index (χ0n) is 15.0. The van der Waals surface area contributed by atoms with Crippen LogP contribution in [-0.2, 0) is 0 Å². The van der Waals surface area contributed by atoms with Gasteiger partial charge in [0, 0.05) is 25.3 Å². The Morgan fingerprint density at radius 1 is 1.22 bits per heavy atom. The van der Waals surface area contributed by atoms with E-state index in [1.165, 1.54) is 30.6 Å². The summed E-state index contributed by atoms with van der Waals surface area (Å²) in [6.45, 7) is 13.5. The van der Waals surface area contributed by atoms with Crippen molar-refractivity contribution < 1.29 is 0 Å². The molecule has 0 bridgehead atoms. The second kappa shape index (κ2) is 8.65. The van der Waals surface area contributed by atoms with Crippen molar-refractivity contribution in [3.05, 3.63) is 29.3 Å². The molecule has 1 aromatic carbocycles. The summed E-state index contributed by atoms with van der Waals surface area (Å²) in [7, 11) is 0. The lowest BCUT2D eigenvalue weighted by atomic mass is 9.92. The van der Waals surface area contributed by atoms with Crippen molar-refractivity contribution in [1.29, 1.82) is 0 Å². The van der Waals surface area contributed by atoms with Crippen molar-refractivity contribution >= 4 is 23.0 Å². The summed E-state index contributed by atoms with van der Waals surface area (Å²) in [5, 5.41) is 7.37. The summed E-state index contributed by atoms with van der Waals surface area (Å²) in [6.07, 6.45) is 2.51. The molecule has 1 aromatic rings. The van der Waals surface area contributed by atoms with Crippen LogP contribution >= 0.6 is 12.2 Å². The van der Waals surface area contributed by atoms with Crippen LogP contribution in [0.5, 0.6) is 0 Å². The number of hydrogen-bond donors (Lipinski definition) is 2. The van der Waals surface area contributed by atoms with Gasteiger partial charge in [-0.1, -0.05) is 26.0 Å². The van der Waals surface area contributed by atoms with E-state index < -0.39 is 0 Å². The van der Waals surface area contributed by atoms with Crippen LogP contribution in [0.3, 0.4) is 0 Å². The van der Waals surface area contributed by atoms with Gasteiger partial charge in [-0.3, -0.25) is 0 Å². The molecule has 1 fully saturated rings. The normalized spacial score (nSPS) is 21.9. The molecule has 1 aliphatic heterocycles. The molecule has 0 spiro atoms. The zero-order valence-corrected chi connectivity index (χ0v) is 15.8. The molecular formula is C19H31N3S. The van der Waals surface area contributed by atoms with Crippen molar-refractivity contribution in [2.75, 3.05) is 31.5 Å². The molecule has 0 saturated carbocycles. The van der Waals surface area contributed by atoms with Gasteiger partial charge in [-0.15, -0.1) is 0 Å². The lowest BCUT2D eigenvalue weighted by Gasteiger charge is -2.35. The summed E-state index contributed by atoms with van der Waals surface area (Å²) in [5.41, 5.74) is 3.56. The highest BCUT2D eigenvalue weighted by Gasteiger charge is 2.20. The number of rotatable bonds is 5. The number of nitrogens with zero attached hydrogens (tertiary/aromatic N) is 1. The fraction of sp³-hybridized carbons (Fsp3) is 0.632. The molecule has 23 heavy (non-hydrogen) atoms. The molecule has 1 aliphatic rings. The van der Waals surface area contributed by atoms with Gasteiger partial charge in [-0.2, -0.15) is 0 Å². The lowest BCUT2D eigenvalue weighted by Crippen LogP contribution is -2.40. The largest absolute Gasteiger partial charge is 0.362 e. The van der Waals surface area contributed by atoms with Crippen LogP contribution in [-0.4, -0.2) is 36.2 Å². The van der Waals surface area contributed by atoms with E-state index in [0.29, 0.717) is 0 Å². The third-order valence-corrected chi connectivity index (χ3v) is 4.77. The molecule has 1 saturated heterocycles. The van der Waals surface area contributed by atoms with Gasteiger partial charge >= 0.3 is 0 Å². The smallest absolute Gasteiger partial charge is 0.170 e. The first-order valence-corrected chi connectivity index (χ1v) is 9.19. The Balaban J connectivity index is 1.68. The van der Waals surface area contributed by atoms with Gasteiger partial charge < -0.3 is 15.5 Å². The summed E-state index contributed by atoms with van der Waals surface area (Å²) in [4.78, 5) is 2.60. The van der Waals surface area contributed by atoms with E-state index in [1.807, 2.05) is 0 Å². The fourth-order valence-corrected chi connectivity index (χ4v) is 3.73. The monoisotopic (exact) mass is 333 g/mol. The number of anilines is 1. The van der Waals surface area contributed by atoms with Crippen molar-refractivity contribution in [2.45, 2.75) is 40.5 Å². The number of likely N-dealkylation sites (tertiary alicyclic amines) is 1. The van der Waals surface area contributed by atoms with Crippen LogP contribution in [0.2, 0.25) is 0 Å². The van der Waals surface area contributed by atoms with Gasteiger partial charge in [0.05, 0.1) is 0 Å². The van der Waals surface area contributed by atoms with E-state index in [1.54, 1.807) is 0 Å². The van der Waals surface area contributed by atoms with E-state index in [-0.39, 0.29) is 0 Å². The molecule has 0 radical (unpaired) electrons. The number of nitrogens with one attached hydrogen (secondary N) is 2. The molecule has 0 unspecified atom stereocenters. The maximum atomic E-state index is 5.41. The molecule has 2 rings (SSSR count). The first-order chi connectivity index (χ1) is 10.9. The minimum atomic E-state index is 0.721. The predicted molar refractivity (Wildman–Crippen MR) is 104 cm³/mol. The summed E-state index contributed by atoms with van der Waals surface area (Å²) >= 11 is 5.41. The Hall–Kier alpha value is -1.13. The molecule has 3 nitrogen and oxygen atoms in total. The Morgan fingerprint density at radius 3 is 2.61 bits per heavy atom. The number of benzene rings is 1. The van der Waals surface area contributed by atoms with Crippen LogP contribution in [0.25, 0.3) is 0 Å². The Labute approximate surface area is 146 Å². The maximum Gasteiger partial charge on any atom is 0.170 e. The topological polar surface area (TPSA) is 27.3 Å². The molecule has 4 heteroatoms. The lowest BCUT2D eigenvalue weighted by molar-refractivity contribution is 0.140. The van der Waals surface area contributed by atoms with Crippen molar-refractivity contribution in [3.8, 4) is 0 Å². The third-order valence-electron chi connectivity index (χ3n) is 4.52. The minimum Gasteiger partial charge on any atom is -0.362 e. The van der Waals surface area contributed by atoms with Gasteiger partial charge in [-0.05, 0) is 74.5 Å². The molecule has 2 atom stereocenters. The van der Waals surface area contributed by atoms with E-state index in [9.17, 15) is 0 Å². The summed E-state index contributed by atoms with van der Waals surface area (Å²) in [5.74, 6) is 1.66. The van der Waals surface area contributed by atoms with Gasteiger partial charge in [0.25, 0.3) is 0 Å². The zero-order chi connectivity index (χ0) is 16.8. The second-order valence-corrected chi connectivity index (χ2v) is 7.67. The van der Waals surface area contributed by atoms with E-state index in [4.69, 9.17) is 12.2 Å². The Morgan fingerprint density at radius 2 is 1.91 bits per heavy atom.